The van der Waals surface area contributed by atoms with Crippen LogP contribution in [0.1, 0.15) is 61.5 Å². The number of benzene rings is 1. The number of amides is 2. The van der Waals surface area contributed by atoms with E-state index in [0.29, 0.717) is 12.2 Å². The molecule has 5 rings (SSSR count). The summed E-state index contributed by atoms with van der Waals surface area (Å²) in [6, 6.07) is 13.8. The lowest BCUT2D eigenvalue weighted by Crippen LogP contribution is -2.65. The van der Waals surface area contributed by atoms with E-state index < -0.39 is 5.54 Å². The van der Waals surface area contributed by atoms with Crippen LogP contribution in [0.4, 0.5) is 5.69 Å². The first-order valence-electron chi connectivity index (χ1n) is 11.8. The van der Waals surface area contributed by atoms with Crippen molar-refractivity contribution < 1.29 is 9.59 Å². The fourth-order valence-electron chi connectivity index (χ4n) is 5.08. The van der Waals surface area contributed by atoms with Gasteiger partial charge in [0.15, 0.2) is 0 Å². The first-order valence-corrected chi connectivity index (χ1v) is 12.7. The number of hydrogen-bond donors (Lipinski definition) is 1. The summed E-state index contributed by atoms with van der Waals surface area (Å²) < 4.78 is 1.72. The number of nitrogens with zero attached hydrogens (tertiary/aromatic N) is 3. The maximum atomic E-state index is 13.9. The minimum atomic E-state index is -1.08. The van der Waals surface area contributed by atoms with Crippen LogP contribution in [0, 0.1) is 6.92 Å². The second kappa shape index (κ2) is 8.78. The number of nitrogens with one attached hydrogen (secondary N) is 1. The highest BCUT2D eigenvalue weighted by Gasteiger charge is 2.49. The molecule has 6 nitrogen and oxygen atoms in total. The Bertz CT molecular complexity index is 1160. The van der Waals surface area contributed by atoms with Gasteiger partial charge in [-0.05, 0) is 55.8 Å². The fraction of sp³-hybridized carbons (Fsp3) is 0.423. The molecule has 7 heteroatoms. The standard InChI is InChI=1S/C26H30N4O2S/c1-18-10-7-8-13-21(18)30-24(31)22-16-20(23-14-9-15-33-23)28-29(22)17-26(30,2)25(32)27-19-11-5-3-4-6-12-19/h7-10,13-16,19H,3-6,11-12,17H2,1-2H3,(H,27,32)/t26-/m1/s1. The van der Waals surface area contributed by atoms with Gasteiger partial charge in [-0.2, -0.15) is 5.10 Å². The lowest BCUT2D eigenvalue weighted by molar-refractivity contribution is -0.127. The largest absolute Gasteiger partial charge is 0.351 e. The van der Waals surface area contributed by atoms with Gasteiger partial charge < -0.3 is 5.32 Å². The van der Waals surface area contributed by atoms with Gasteiger partial charge in [-0.15, -0.1) is 11.3 Å². The van der Waals surface area contributed by atoms with E-state index in [1.54, 1.807) is 20.9 Å². The van der Waals surface area contributed by atoms with Crippen LogP contribution in [0.3, 0.4) is 0 Å². The number of carbonyl (C=O) groups excluding carboxylic acids is 2. The third-order valence-electron chi connectivity index (χ3n) is 6.96. The Hall–Kier alpha value is -2.93. The van der Waals surface area contributed by atoms with Crippen molar-refractivity contribution in [2.24, 2.45) is 0 Å². The summed E-state index contributed by atoms with van der Waals surface area (Å²) in [7, 11) is 0. The minimum Gasteiger partial charge on any atom is -0.351 e. The molecule has 1 N–H and O–H groups in total. The molecule has 0 radical (unpaired) electrons. The van der Waals surface area contributed by atoms with Crippen LogP contribution in [-0.2, 0) is 11.3 Å². The molecule has 1 aromatic carbocycles. The monoisotopic (exact) mass is 462 g/mol. The summed E-state index contributed by atoms with van der Waals surface area (Å²) in [5.41, 5.74) is 1.94. The van der Waals surface area contributed by atoms with E-state index in [1.807, 2.05) is 61.7 Å². The topological polar surface area (TPSA) is 67.2 Å². The molecule has 3 aromatic rings. The lowest BCUT2D eigenvalue weighted by atomic mass is 9.92. The van der Waals surface area contributed by atoms with Crippen molar-refractivity contribution in [1.82, 2.24) is 15.1 Å². The van der Waals surface area contributed by atoms with Crippen LogP contribution in [-0.4, -0.2) is 33.2 Å². The molecule has 1 fully saturated rings. The highest BCUT2D eigenvalue weighted by Crippen LogP contribution is 2.36. The molecule has 1 atom stereocenters. The first-order chi connectivity index (χ1) is 16.0. The number of aromatic nitrogens is 2. The Kier molecular flexibility index (Phi) is 5.83. The summed E-state index contributed by atoms with van der Waals surface area (Å²) in [6.07, 6.45) is 6.70. The fourth-order valence-corrected chi connectivity index (χ4v) is 5.76. The van der Waals surface area contributed by atoms with Crippen molar-refractivity contribution in [1.29, 1.82) is 0 Å². The number of rotatable bonds is 4. The molecule has 0 saturated heterocycles. The van der Waals surface area contributed by atoms with Gasteiger partial charge in [0.05, 0.1) is 11.4 Å². The summed E-state index contributed by atoms with van der Waals surface area (Å²) in [6.45, 7) is 4.17. The van der Waals surface area contributed by atoms with Gasteiger partial charge in [-0.25, -0.2) is 0 Å². The van der Waals surface area contributed by atoms with Crippen LogP contribution in [0.15, 0.2) is 47.8 Å². The van der Waals surface area contributed by atoms with E-state index in [4.69, 9.17) is 5.10 Å². The molecule has 1 aliphatic heterocycles. The Labute approximate surface area is 198 Å². The van der Waals surface area contributed by atoms with Crippen LogP contribution < -0.4 is 10.2 Å². The minimum absolute atomic E-state index is 0.107. The molecule has 3 heterocycles. The second-order valence-electron chi connectivity index (χ2n) is 9.41. The molecule has 0 bridgehead atoms. The Morgan fingerprint density at radius 3 is 2.58 bits per heavy atom. The van der Waals surface area contributed by atoms with Crippen molar-refractivity contribution >= 4 is 28.8 Å². The van der Waals surface area contributed by atoms with E-state index in [2.05, 4.69) is 5.32 Å². The molecule has 1 saturated carbocycles. The number of fused-ring (bicyclic) bond motifs is 1. The van der Waals surface area contributed by atoms with Crippen molar-refractivity contribution in [2.45, 2.75) is 70.5 Å². The molecule has 0 spiro atoms. The number of thiophene rings is 1. The predicted molar refractivity (Wildman–Crippen MR) is 132 cm³/mol. The number of anilines is 1. The van der Waals surface area contributed by atoms with E-state index in [1.165, 1.54) is 12.8 Å². The highest BCUT2D eigenvalue weighted by molar-refractivity contribution is 7.13. The van der Waals surface area contributed by atoms with Crippen molar-refractivity contribution in [3.63, 3.8) is 0 Å². The molecule has 0 unspecified atom stereocenters. The zero-order valence-corrected chi connectivity index (χ0v) is 20.0. The van der Waals surface area contributed by atoms with Crippen LogP contribution in [0.25, 0.3) is 10.6 Å². The molecule has 2 aromatic heterocycles. The van der Waals surface area contributed by atoms with Gasteiger partial charge in [0.1, 0.15) is 16.9 Å². The maximum Gasteiger partial charge on any atom is 0.277 e. The van der Waals surface area contributed by atoms with E-state index in [0.717, 1.165) is 47.5 Å². The summed E-state index contributed by atoms with van der Waals surface area (Å²) in [4.78, 5) is 30.5. The van der Waals surface area contributed by atoms with Crippen molar-refractivity contribution in [2.75, 3.05) is 4.90 Å². The van der Waals surface area contributed by atoms with Crippen molar-refractivity contribution in [3.05, 3.63) is 59.1 Å². The molecule has 2 amide bonds. The highest BCUT2D eigenvalue weighted by atomic mass is 32.1. The van der Waals surface area contributed by atoms with Gasteiger partial charge in [0, 0.05) is 11.7 Å². The third-order valence-corrected chi connectivity index (χ3v) is 7.86. The summed E-state index contributed by atoms with van der Waals surface area (Å²) in [5, 5.41) is 10.0. The molecule has 1 aliphatic carbocycles. The SMILES string of the molecule is Cc1ccccc1N1C(=O)c2cc(-c3cccs3)nn2C[C@]1(C)C(=O)NC1CCCCCC1. The van der Waals surface area contributed by atoms with Crippen LogP contribution in [0.5, 0.6) is 0 Å². The normalized spacial score (nSPS) is 21.5. The zero-order chi connectivity index (χ0) is 23.0. The smallest absolute Gasteiger partial charge is 0.277 e. The lowest BCUT2D eigenvalue weighted by Gasteiger charge is -2.44. The number of carbonyl (C=O) groups is 2. The zero-order valence-electron chi connectivity index (χ0n) is 19.2. The third kappa shape index (κ3) is 3.99. The molecule has 33 heavy (non-hydrogen) atoms. The van der Waals surface area contributed by atoms with E-state index in [-0.39, 0.29) is 17.9 Å². The maximum absolute atomic E-state index is 13.9. The van der Waals surface area contributed by atoms with Gasteiger partial charge in [-0.3, -0.25) is 19.2 Å². The average molecular weight is 463 g/mol. The second-order valence-corrected chi connectivity index (χ2v) is 10.4. The molecular weight excluding hydrogens is 432 g/mol. The first kappa shape index (κ1) is 21.9. The van der Waals surface area contributed by atoms with E-state index in [9.17, 15) is 9.59 Å². The van der Waals surface area contributed by atoms with Gasteiger partial charge in [-0.1, -0.05) is 49.9 Å². The van der Waals surface area contributed by atoms with Crippen LogP contribution >= 0.6 is 11.3 Å². The number of para-hydroxylation sites is 1. The molecule has 2 aliphatic rings. The number of aryl methyl sites for hydroxylation is 1. The van der Waals surface area contributed by atoms with E-state index >= 15 is 0 Å². The summed E-state index contributed by atoms with van der Waals surface area (Å²) in [5.74, 6) is -0.297. The van der Waals surface area contributed by atoms with Crippen molar-refractivity contribution in [3.8, 4) is 10.6 Å². The van der Waals surface area contributed by atoms with Gasteiger partial charge in [0.25, 0.3) is 5.91 Å². The molecule has 172 valence electrons. The van der Waals surface area contributed by atoms with Gasteiger partial charge in [0.2, 0.25) is 5.91 Å². The molecular formula is C26H30N4O2S. The Morgan fingerprint density at radius 2 is 1.88 bits per heavy atom. The van der Waals surface area contributed by atoms with Crippen LogP contribution in [0.2, 0.25) is 0 Å². The quantitative estimate of drug-likeness (QED) is 0.544. The Balaban J connectivity index is 1.56. The number of hydrogen-bond acceptors (Lipinski definition) is 4. The Morgan fingerprint density at radius 1 is 1.12 bits per heavy atom. The summed E-state index contributed by atoms with van der Waals surface area (Å²) >= 11 is 1.59. The predicted octanol–water partition coefficient (Wildman–Crippen LogP) is 5.18. The van der Waals surface area contributed by atoms with Gasteiger partial charge >= 0.3 is 0 Å². The average Bonchev–Trinajstić information content (AvgIpc) is 3.40.